The predicted octanol–water partition coefficient (Wildman–Crippen LogP) is 2.98. The average Bonchev–Trinajstić information content (AvgIpc) is 2.57. The van der Waals surface area contributed by atoms with Crippen molar-refractivity contribution in [3.8, 4) is 5.75 Å². The summed E-state index contributed by atoms with van der Waals surface area (Å²) in [5.41, 5.74) is 1.73. The van der Waals surface area contributed by atoms with E-state index in [0.29, 0.717) is 22.9 Å². The maximum Gasteiger partial charge on any atom is 0.259 e. The van der Waals surface area contributed by atoms with Crippen molar-refractivity contribution in [3.05, 3.63) is 41.7 Å². The number of phenolic OH excluding ortho intramolecular Hbond substituents is 1. The molecule has 6 heteroatoms. The minimum atomic E-state index is -0.253. The molecular formula is C18H22N4O2. The molecule has 0 radical (unpaired) electrons. The molecule has 3 rings (SSSR count). The van der Waals surface area contributed by atoms with Gasteiger partial charge in [0.15, 0.2) is 0 Å². The molecule has 0 bridgehead atoms. The maximum atomic E-state index is 12.4. The van der Waals surface area contributed by atoms with Gasteiger partial charge in [0, 0.05) is 25.0 Å². The first-order valence-corrected chi connectivity index (χ1v) is 8.22. The van der Waals surface area contributed by atoms with E-state index in [1.54, 1.807) is 18.3 Å². The molecule has 0 unspecified atom stereocenters. The largest absolute Gasteiger partial charge is 0.508 e. The summed E-state index contributed by atoms with van der Waals surface area (Å²) in [6, 6.07) is 6.35. The first kappa shape index (κ1) is 16.2. The molecule has 0 saturated carbocycles. The van der Waals surface area contributed by atoms with E-state index in [-0.39, 0.29) is 11.7 Å². The van der Waals surface area contributed by atoms with Crippen molar-refractivity contribution < 1.29 is 9.90 Å². The number of piperidine rings is 1. The Hall–Kier alpha value is -2.63. The Bertz CT molecular complexity index is 722. The molecule has 1 aromatic heterocycles. The fourth-order valence-corrected chi connectivity index (χ4v) is 2.78. The van der Waals surface area contributed by atoms with Gasteiger partial charge in [0.05, 0.1) is 11.3 Å². The molecule has 24 heavy (non-hydrogen) atoms. The van der Waals surface area contributed by atoms with Gasteiger partial charge in [-0.05, 0) is 49.9 Å². The van der Waals surface area contributed by atoms with Gasteiger partial charge in [-0.1, -0.05) is 6.92 Å². The van der Waals surface area contributed by atoms with E-state index in [1.807, 2.05) is 6.92 Å². The Morgan fingerprint density at radius 2 is 1.92 bits per heavy atom. The van der Waals surface area contributed by atoms with Gasteiger partial charge in [0.1, 0.15) is 5.75 Å². The first-order valence-electron chi connectivity index (χ1n) is 8.22. The predicted molar refractivity (Wildman–Crippen MR) is 93.4 cm³/mol. The zero-order valence-electron chi connectivity index (χ0n) is 14.0. The number of aromatic nitrogens is 2. The Morgan fingerprint density at radius 3 is 2.54 bits per heavy atom. The molecule has 0 spiro atoms. The van der Waals surface area contributed by atoms with Gasteiger partial charge in [-0.3, -0.25) is 4.79 Å². The number of phenols is 1. The van der Waals surface area contributed by atoms with E-state index in [0.717, 1.165) is 31.8 Å². The monoisotopic (exact) mass is 326 g/mol. The number of benzene rings is 1. The van der Waals surface area contributed by atoms with Crippen molar-refractivity contribution in [2.24, 2.45) is 5.92 Å². The second-order valence-electron chi connectivity index (χ2n) is 6.34. The van der Waals surface area contributed by atoms with Crippen LogP contribution in [0.25, 0.3) is 0 Å². The summed E-state index contributed by atoms with van der Waals surface area (Å²) in [4.78, 5) is 23.5. The number of hydrogen-bond acceptors (Lipinski definition) is 5. The Balaban J connectivity index is 1.72. The molecule has 126 valence electrons. The van der Waals surface area contributed by atoms with Crippen LogP contribution >= 0.6 is 0 Å². The van der Waals surface area contributed by atoms with Gasteiger partial charge in [-0.2, -0.15) is 0 Å². The number of aromatic hydroxyl groups is 1. The fourth-order valence-electron chi connectivity index (χ4n) is 2.78. The fraction of sp³-hybridized carbons (Fsp3) is 0.389. The van der Waals surface area contributed by atoms with Crippen LogP contribution < -0.4 is 10.2 Å². The number of anilines is 2. The Morgan fingerprint density at radius 1 is 1.25 bits per heavy atom. The van der Waals surface area contributed by atoms with Crippen LogP contribution in [0.3, 0.4) is 0 Å². The molecule has 0 aliphatic carbocycles. The molecular weight excluding hydrogens is 304 g/mol. The summed E-state index contributed by atoms with van der Waals surface area (Å²) in [6.07, 6.45) is 3.88. The highest BCUT2D eigenvalue weighted by Crippen LogP contribution is 2.21. The number of nitrogens with one attached hydrogen (secondary N) is 1. The van der Waals surface area contributed by atoms with Crippen molar-refractivity contribution >= 4 is 17.5 Å². The van der Waals surface area contributed by atoms with Crippen molar-refractivity contribution in [1.82, 2.24) is 9.97 Å². The molecule has 0 atom stereocenters. The second kappa shape index (κ2) is 6.86. The SMILES string of the molecule is Cc1nc(N2CCC(C)CC2)ncc1C(=O)Nc1ccc(O)cc1. The quantitative estimate of drug-likeness (QED) is 0.848. The minimum Gasteiger partial charge on any atom is -0.508 e. The van der Waals surface area contributed by atoms with Gasteiger partial charge >= 0.3 is 0 Å². The molecule has 1 amide bonds. The van der Waals surface area contributed by atoms with Gasteiger partial charge in [-0.15, -0.1) is 0 Å². The third-order valence-electron chi connectivity index (χ3n) is 4.40. The molecule has 1 saturated heterocycles. The smallest absolute Gasteiger partial charge is 0.259 e. The van der Waals surface area contributed by atoms with Crippen LogP contribution in [-0.2, 0) is 0 Å². The first-order chi connectivity index (χ1) is 11.5. The molecule has 2 N–H and O–H groups in total. The maximum absolute atomic E-state index is 12.4. The lowest BCUT2D eigenvalue weighted by atomic mass is 10.00. The van der Waals surface area contributed by atoms with Crippen LogP contribution in [0.4, 0.5) is 11.6 Å². The number of rotatable bonds is 3. The second-order valence-corrected chi connectivity index (χ2v) is 6.34. The third-order valence-corrected chi connectivity index (χ3v) is 4.40. The molecule has 2 aromatic rings. The Labute approximate surface area is 141 Å². The molecule has 1 aliphatic rings. The highest BCUT2D eigenvalue weighted by atomic mass is 16.3. The van der Waals surface area contributed by atoms with Crippen LogP contribution in [0, 0.1) is 12.8 Å². The van der Waals surface area contributed by atoms with Crippen LogP contribution in [-0.4, -0.2) is 34.1 Å². The zero-order valence-corrected chi connectivity index (χ0v) is 14.0. The number of aryl methyl sites for hydroxylation is 1. The average molecular weight is 326 g/mol. The summed E-state index contributed by atoms with van der Waals surface area (Å²) in [5.74, 6) is 1.35. The van der Waals surface area contributed by atoms with Crippen molar-refractivity contribution in [2.45, 2.75) is 26.7 Å². The number of carbonyl (C=O) groups is 1. The molecule has 1 fully saturated rings. The van der Waals surface area contributed by atoms with Crippen LogP contribution in [0.1, 0.15) is 35.8 Å². The molecule has 1 aromatic carbocycles. The number of hydrogen-bond donors (Lipinski definition) is 2. The normalized spacial score (nSPS) is 15.3. The van der Waals surface area contributed by atoms with Gasteiger partial charge < -0.3 is 15.3 Å². The number of nitrogens with zero attached hydrogens (tertiary/aromatic N) is 3. The van der Waals surface area contributed by atoms with Crippen LogP contribution in [0.5, 0.6) is 5.75 Å². The van der Waals surface area contributed by atoms with E-state index >= 15 is 0 Å². The van der Waals surface area contributed by atoms with Gasteiger partial charge in [-0.25, -0.2) is 9.97 Å². The van der Waals surface area contributed by atoms with E-state index in [1.165, 1.54) is 12.1 Å². The van der Waals surface area contributed by atoms with E-state index in [4.69, 9.17) is 0 Å². The van der Waals surface area contributed by atoms with Gasteiger partial charge in [0.25, 0.3) is 5.91 Å². The van der Waals surface area contributed by atoms with E-state index in [9.17, 15) is 9.90 Å². The van der Waals surface area contributed by atoms with Crippen molar-refractivity contribution in [3.63, 3.8) is 0 Å². The highest BCUT2D eigenvalue weighted by Gasteiger charge is 2.19. The molecule has 6 nitrogen and oxygen atoms in total. The summed E-state index contributed by atoms with van der Waals surface area (Å²) in [7, 11) is 0. The molecule has 2 heterocycles. The van der Waals surface area contributed by atoms with E-state index in [2.05, 4.69) is 27.1 Å². The van der Waals surface area contributed by atoms with Crippen molar-refractivity contribution in [1.29, 1.82) is 0 Å². The summed E-state index contributed by atoms with van der Waals surface area (Å²) >= 11 is 0. The standard InChI is InChI=1S/C18H22N4O2/c1-12-7-9-22(10-8-12)18-19-11-16(13(2)20-18)17(24)21-14-3-5-15(23)6-4-14/h3-6,11-12,23H,7-10H2,1-2H3,(H,21,24). The van der Waals surface area contributed by atoms with Crippen LogP contribution in [0.15, 0.2) is 30.5 Å². The lowest BCUT2D eigenvalue weighted by Crippen LogP contribution is -2.34. The third kappa shape index (κ3) is 3.64. The van der Waals surface area contributed by atoms with Crippen LogP contribution in [0.2, 0.25) is 0 Å². The lowest BCUT2D eigenvalue weighted by molar-refractivity contribution is 0.102. The number of carbonyl (C=O) groups excluding carboxylic acids is 1. The zero-order chi connectivity index (χ0) is 17.1. The number of amides is 1. The van der Waals surface area contributed by atoms with E-state index < -0.39 is 0 Å². The summed E-state index contributed by atoms with van der Waals surface area (Å²) in [6.45, 7) is 6.00. The highest BCUT2D eigenvalue weighted by molar-refractivity contribution is 6.04. The summed E-state index contributed by atoms with van der Waals surface area (Å²) < 4.78 is 0. The van der Waals surface area contributed by atoms with Crippen molar-refractivity contribution in [2.75, 3.05) is 23.3 Å². The van der Waals surface area contributed by atoms with Gasteiger partial charge in [0.2, 0.25) is 5.95 Å². The summed E-state index contributed by atoms with van der Waals surface area (Å²) in [5, 5.41) is 12.1. The topological polar surface area (TPSA) is 78.4 Å². The molecule has 1 aliphatic heterocycles. The Kier molecular flexibility index (Phi) is 4.64. The lowest BCUT2D eigenvalue weighted by Gasteiger charge is -2.30. The minimum absolute atomic E-state index is 0.160.